The SMILES string of the molecule is O=c1[nH]c2ccc(C3=NCCN3)cc2c2c1sc1sccc12. The molecule has 5 rings (SSSR count). The van der Waals surface area contributed by atoms with Gasteiger partial charge in [0.05, 0.1) is 10.6 Å². The zero-order valence-electron chi connectivity index (χ0n) is 11.5. The zero-order valence-corrected chi connectivity index (χ0v) is 13.1. The van der Waals surface area contributed by atoms with E-state index in [0.29, 0.717) is 0 Å². The Morgan fingerprint density at radius 3 is 3.00 bits per heavy atom. The highest BCUT2D eigenvalue weighted by Gasteiger charge is 2.15. The molecule has 0 saturated carbocycles. The van der Waals surface area contributed by atoms with E-state index in [1.807, 2.05) is 12.1 Å². The van der Waals surface area contributed by atoms with Crippen LogP contribution in [0.3, 0.4) is 0 Å². The first-order valence-electron chi connectivity index (χ1n) is 7.06. The van der Waals surface area contributed by atoms with Gasteiger partial charge < -0.3 is 10.3 Å². The van der Waals surface area contributed by atoms with Crippen molar-refractivity contribution >= 4 is 58.9 Å². The number of thiophene rings is 2. The van der Waals surface area contributed by atoms with Crippen molar-refractivity contribution in [2.45, 2.75) is 0 Å². The van der Waals surface area contributed by atoms with E-state index >= 15 is 0 Å². The molecule has 1 aromatic carbocycles. The van der Waals surface area contributed by atoms with Gasteiger partial charge in [-0.15, -0.1) is 22.7 Å². The maximum Gasteiger partial charge on any atom is 0.266 e. The van der Waals surface area contributed by atoms with E-state index in [4.69, 9.17) is 0 Å². The van der Waals surface area contributed by atoms with Gasteiger partial charge in [0.2, 0.25) is 0 Å². The van der Waals surface area contributed by atoms with Crippen molar-refractivity contribution in [3.63, 3.8) is 0 Å². The minimum atomic E-state index is -0.0000167. The lowest BCUT2D eigenvalue weighted by atomic mass is 10.1. The first-order chi connectivity index (χ1) is 10.8. The number of hydrogen-bond acceptors (Lipinski definition) is 5. The highest BCUT2D eigenvalue weighted by atomic mass is 32.2. The summed E-state index contributed by atoms with van der Waals surface area (Å²) < 4.78 is 2.02. The maximum atomic E-state index is 12.3. The molecular weight excluding hydrogens is 314 g/mol. The standard InChI is InChI=1S/C16H11N3OS2/c20-15-13-12(9-3-6-21-16(9)22-13)10-7-8(1-2-11(10)19-15)14-17-4-5-18-14/h1-3,6-7H,4-5H2,(H,17,18)(H,19,20). The Hall–Kier alpha value is -2.18. The third-order valence-electron chi connectivity index (χ3n) is 4.01. The average Bonchev–Trinajstić information content (AvgIpc) is 3.24. The van der Waals surface area contributed by atoms with E-state index < -0.39 is 0 Å². The number of aromatic nitrogens is 1. The molecule has 0 saturated heterocycles. The van der Waals surface area contributed by atoms with Crippen LogP contribution in [0.5, 0.6) is 0 Å². The fraction of sp³-hybridized carbons (Fsp3) is 0.125. The Morgan fingerprint density at radius 2 is 2.14 bits per heavy atom. The number of H-pyrrole nitrogens is 1. The summed E-state index contributed by atoms with van der Waals surface area (Å²) in [6.07, 6.45) is 0. The summed E-state index contributed by atoms with van der Waals surface area (Å²) in [5.74, 6) is 0.943. The van der Waals surface area contributed by atoms with Gasteiger partial charge in [0.15, 0.2) is 0 Å². The van der Waals surface area contributed by atoms with Gasteiger partial charge in [0.1, 0.15) is 10.5 Å². The zero-order chi connectivity index (χ0) is 14.7. The van der Waals surface area contributed by atoms with Gasteiger partial charge in [-0.05, 0) is 29.6 Å². The van der Waals surface area contributed by atoms with Crippen molar-refractivity contribution in [1.82, 2.24) is 10.3 Å². The van der Waals surface area contributed by atoms with Gasteiger partial charge in [-0.2, -0.15) is 0 Å². The third-order valence-corrected chi connectivity index (χ3v) is 6.26. The number of nitrogens with one attached hydrogen (secondary N) is 2. The second kappa shape index (κ2) is 4.41. The molecule has 4 nitrogen and oxygen atoms in total. The highest BCUT2D eigenvalue weighted by molar-refractivity contribution is 7.41. The number of fused-ring (bicyclic) bond motifs is 5. The second-order valence-electron chi connectivity index (χ2n) is 5.30. The summed E-state index contributed by atoms with van der Waals surface area (Å²) in [6.45, 7) is 1.71. The molecule has 108 valence electrons. The van der Waals surface area contributed by atoms with E-state index in [-0.39, 0.29) is 5.56 Å². The summed E-state index contributed by atoms with van der Waals surface area (Å²) in [6, 6.07) is 8.23. The number of amidine groups is 1. The molecule has 0 aliphatic carbocycles. The molecule has 1 aliphatic rings. The Bertz CT molecular complexity index is 1130. The first-order valence-corrected chi connectivity index (χ1v) is 8.75. The van der Waals surface area contributed by atoms with Crippen LogP contribution < -0.4 is 10.9 Å². The van der Waals surface area contributed by atoms with E-state index in [9.17, 15) is 4.79 Å². The normalized spacial score (nSPS) is 14.8. The maximum absolute atomic E-state index is 12.3. The largest absolute Gasteiger partial charge is 0.368 e. The molecule has 0 bridgehead atoms. The van der Waals surface area contributed by atoms with Crippen molar-refractivity contribution < 1.29 is 0 Å². The summed E-state index contributed by atoms with van der Waals surface area (Å²) in [7, 11) is 0. The van der Waals surface area contributed by atoms with Gasteiger partial charge in [0.25, 0.3) is 5.56 Å². The third kappa shape index (κ3) is 1.62. The Balaban J connectivity index is 1.95. The van der Waals surface area contributed by atoms with Crippen molar-refractivity contribution in [3.8, 4) is 0 Å². The fourth-order valence-electron chi connectivity index (χ4n) is 3.03. The van der Waals surface area contributed by atoms with Crippen LogP contribution >= 0.6 is 22.7 Å². The van der Waals surface area contributed by atoms with E-state index in [1.165, 1.54) is 9.40 Å². The fourth-order valence-corrected chi connectivity index (χ4v) is 5.20. The van der Waals surface area contributed by atoms with Crippen molar-refractivity contribution in [3.05, 3.63) is 45.6 Å². The lowest BCUT2D eigenvalue weighted by Gasteiger charge is -2.06. The molecule has 1 aliphatic heterocycles. The van der Waals surface area contributed by atoms with Gasteiger partial charge in [-0.1, -0.05) is 0 Å². The van der Waals surface area contributed by atoms with Crippen LogP contribution in [0, 0.1) is 0 Å². The van der Waals surface area contributed by atoms with Crippen LogP contribution in [0.1, 0.15) is 5.56 Å². The topological polar surface area (TPSA) is 57.2 Å². The molecular formula is C16H11N3OS2. The summed E-state index contributed by atoms with van der Waals surface area (Å²) in [4.78, 5) is 19.8. The minimum absolute atomic E-state index is 0.0000167. The number of hydrogen-bond donors (Lipinski definition) is 2. The van der Waals surface area contributed by atoms with Crippen LogP contribution in [0.25, 0.3) is 30.4 Å². The smallest absolute Gasteiger partial charge is 0.266 e. The number of pyridine rings is 1. The number of nitrogens with zero attached hydrogens (tertiary/aromatic N) is 1. The van der Waals surface area contributed by atoms with E-state index in [0.717, 1.165) is 45.5 Å². The highest BCUT2D eigenvalue weighted by Crippen LogP contribution is 2.38. The van der Waals surface area contributed by atoms with Gasteiger partial charge in [-0.25, -0.2) is 0 Å². The average molecular weight is 325 g/mol. The summed E-state index contributed by atoms with van der Waals surface area (Å²) >= 11 is 3.27. The second-order valence-corrected chi connectivity index (χ2v) is 7.49. The lowest BCUT2D eigenvalue weighted by molar-refractivity contribution is 0.960. The van der Waals surface area contributed by atoms with Crippen molar-refractivity contribution in [2.24, 2.45) is 4.99 Å². The Labute approximate surface area is 133 Å². The van der Waals surface area contributed by atoms with Gasteiger partial charge >= 0.3 is 0 Å². The molecule has 4 aromatic rings. The van der Waals surface area contributed by atoms with Crippen LogP contribution in [-0.2, 0) is 0 Å². The Morgan fingerprint density at radius 1 is 1.18 bits per heavy atom. The minimum Gasteiger partial charge on any atom is -0.368 e. The quantitative estimate of drug-likeness (QED) is 0.564. The molecule has 3 aromatic heterocycles. The van der Waals surface area contributed by atoms with Crippen LogP contribution in [0.15, 0.2) is 39.4 Å². The number of rotatable bonds is 1. The van der Waals surface area contributed by atoms with E-state index in [2.05, 4.69) is 32.8 Å². The molecule has 0 amide bonds. The molecule has 0 spiro atoms. The molecule has 0 fully saturated rings. The molecule has 2 N–H and O–H groups in total. The first kappa shape index (κ1) is 12.4. The van der Waals surface area contributed by atoms with Crippen molar-refractivity contribution in [1.29, 1.82) is 0 Å². The van der Waals surface area contributed by atoms with Crippen molar-refractivity contribution in [2.75, 3.05) is 13.1 Å². The lowest BCUT2D eigenvalue weighted by Crippen LogP contribution is -2.19. The Kier molecular flexibility index (Phi) is 2.48. The molecule has 22 heavy (non-hydrogen) atoms. The summed E-state index contributed by atoms with van der Waals surface area (Å²) in [5.41, 5.74) is 1.96. The number of aromatic amines is 1. The van der Waals surface area contributed by atoms with E-state index in [1.54, 1.807) is 22.7 Å². The summed E-state index contributed by atoms with van der Waals surface area (Å²) in [5, 5.41) is 8.73. The molecule has 0 radical (unpaired) electrons. The molecule has 0 atom stereocenters. The molecule has 4 heterocycles. The van der Waals surface area contributed by atoms with Gasteiger partial charge in [-0.3, -0.25) is 9.79 Å². The van der Waals surface area contributed by atoms with Gasteiger partial charge in [0, 0.05) is 33.8 Å². The monoisotopic (exact) mass is 325 g/mol. The number of benzene rings is 1. The predicted octanol–water partition coefficient (Wildman–Crippen LogP) is 3.31. The number of aliphatic imine (C=N–C) groups is 1. The van der Waals surface area contributed by atoms with Crippen LogP contribution in [0.4, 0.5) is 0 Å². The predicted molar refractivity (Wildman–Crippen MR) is 94.7 cm³/mol. The van der Waals surface area contributed by atoms with Crippen LogP contribution in [-0.4, -0.2) is 23.9 Å². The molecule has 6 heteroatoms. The molecule has 0 unspecified atom stereocenters. The van der Waals surface area contributed by atoms with Crippen LogP contribution in [0.2, 0.25) is 0 Å².